The molecule has 0 bridgehead atoms. The van der Waals surface area contributed by atoms with Crippen LogP contribution in [-0.4, -0.2) is 49.4 Å². The van der Waals surface area contributed by atoms with Gasteiger partial charge in [-0.25, -0.2) is 12.8 Å². The normalized spacial score (nSPS) is 14.7. The van der Waals surface area contributed by atoms with Gasteiger partial charge in [0.25, 0.3) is 0 Å². The van der Waals surface area contributed by atoms with Gasteiger partial charge >= 0.3 is 6.18 Å². The van der Waals surface area contributed by atoms with Crippen molar-refractivity contribution in [1.29, 1.82) is 5.26 Å². The zero-order chi connectivity index (χ0) is 31.5. The molecule has 0 aliphatic rings. The fourth-order valence-corrected chi connectivity index (χ4v) is 5.72. The Morgan fingerprint density at radius 1 is 0.952 bits per heavy atom. The molecule has 3 aromatic carbocycles. The van der Waals surface area contributed by atoms with E-state index in [0.29, 0.717) is 21.6 Å². The van der Waals surface area contributed by atoms with Crippen molar-refractivity contribution < 1.29 is 30.8 Å². The van der Waals surface area contributed by atoms with Gasteiger partial charge in [-0.1, -0.05) is 48.5 Å². The van der Waals surface area contributed by atoms with Gasteiger partial charge in [-0.2, -0.15) is 18.4 Å². The second-order valence-electron chi connectivity index (χ2n) is 10.6. The van der Waals surface area contributed by atoms with Crippen molar-refractivity contribution in [3.63, 3.8) is 0 Å². The smallest absolute Gasteiger partial charge is 0.368 e. The molecule has 3 atom stereocenters. The van der Waals surface area contributed by atoms with Crippen LogP contribution in [0.25, 0.3) is 11.1 Å². The highest BCUT2D eigenvalue weighted by molar-refractivity contribution is 14.1. The van der Waals surface area contributed by atoms with Crippen molar-refractivity contribution in [2.24, 2.45) is 5.73 Å². The van der Waals surface area contributed by atoms with Gasteiger partial charge in [0.2, 0.25) is 5.91 Å². The highest BCUT2D eigenvalue weighted by Crippen LogP contribution is 2.42. The van der Waals surface area contributed by atoms with Crippen molar-refractivity contribution in [2.45, 2.75) is 61.6 Å². The fraction of sp³-hybridized carbons (Fsp3) is 0.333. The van der Waals surface area contributed by atoms with Crippen molar-refractivity contribution in [2.75, 3.05) is 6.26 Å². The number of hydrogen-bond donors (Lipinski definition) is 1. The number of hydrogen-bond acceptors (Lipinski definition) is 5. The quantitative estimate of drug-likeness (QED) is 0.183. The summed E-state index contributed by atoms with van der Waals surface area (Å²) in [5.41, 5.74) is 4.88. The molecular formula is C30H30F4IN3O3S. The molecule has 0 heterocycles. The lowest BCUT2D eigenvalue weighted by atomic mass is 9.91. The van der Waals surface area contributed by atoms with Crippen molar-refractivity contribution in [3.8, 4) is 17.2 Å². The maximum Gasteiger partial charge on any atom is 0.408 e. The van der Waals surface area contributed by atoms with Crippen LogP contribution in [0.15, 0.2) is 77.7 Å². The van der Waals surface area contributed by atoms with E-state index in [1.54, 1.807) is 24.3 Å². The summed E-state index contributed by atoms with van der Waals surface area (Å²) >= 11 is 2.07. The number of carbonyl (C=O) groups is 1. The van der Waals surface area contributed by atoms with Crippen molar-refractivity contribution in [3.05, 3.63) is 87.5 Å². The lowest BCUT2D eigenvalue weighted by Gasteiger charge is -2.41. The molecule has 0 unspecified atom stereocenters. The molecule has 0 saturated heterocycles. The van der Waals surface area contributed by atoms with Crippen LogP contribution in [0, 0.1) is 14.9 Å². The lowest BCUT2D eigenvalue weighted by Crippen LogP contribution is -2.56. The summed E-state index contributed by atoms with van der Waals surface area (Å²) < 4.78 is 84.1. The Kier molecular flexibility index (Phi) is 10.4. The predicted octanol–water partition coefficient (Wildman–Crippen LogP) is 6.39. The summed E-state index contributed by atoms with van der Waals surface area (Å²) in [6, 6.07) is 14.2. The summed E-state index contributed by atoms with van der Waals surface area (Å²) in [7, 11) is -3.43. The van der Waals surface area contributed by atoms with Crippen LogP contribution in [0.5, 0.6) is 0 Å². The molecule has 6 nitrogen and oxygen atoms in total. The molecule has 0 aromatic heterocycles. The molecular weight excluding hydrogens is 685 g/mol. The van der Waals surface area contributed by atoms with Crippen LogP contribution < -0.4 is 5.73 Å². The number of carbonyl (C=O) groups excluding carboxylic acids is 1. The van der Waals surface area contributed by atoms with E-state index < -0.39 is 52.1 Å². The minimum absolute atomic E-state index is 0.0969. The summed E-state index contributed by atoms with van der Waals surface area (Å²) in [6.45, 7) is 2.27. The molecule has 12 heteroatoms. The van der Waals surface area contributed by atoms with Crippen molar-refractivity contribution >= 4 is 38.3 Å². The number of nitrogens with two attached hydrogens (primary N) is 1. The van der Waals surface area contributed by atoms with Gasteiger partial charge in [-0.05, 0) is 83.0 Å². The first-order valence-corrected chi connectivity index (χ1v) is 15.7. The number of amides is 1. The average Bonchev–Trinajstić information content (AvgIpc) is 2.89. The Hall–Kier alpha value is -3.02. The Bertz CT molecular complexity index is 1530. The Morgan fingerprint density at radius 2 is 1.45 bits per heavy atom. The van der Waals surface area contributed by atoms with E-state index in [0.717, 1.165) is 23.7 Å². The van der Waals surface area contributed by atoms with Crippen molar-refractivity contribution in [1.82, 2.24) is 4.90 Å². The standard InChI is InChI=1S/C30H30F4IN3O3S/c1-29(2,31)17-26(28(37)39)38(24(18-36)16-19-4-12-23(35)13-5-19)27(30(32,33)34)22-8-6-20(7-9-22)21-10-14-25(15-11-21)42(3,40)41/h4-15,24,26-27H,16-17H2,1-3H3,(H2,37,39)/t24-,26-,27-/m0/s1. The van der Waals surface area contributed by atoms with E-state index in [1.165, 1.54) is 48.5 Å². The molecule has 0 radical (unpaired) electrons. The maximum absolute atomic E-state index is 14.9. The first-order chi connectivity index (χ1) is 19.4. The van der Waals surface area contributed by atoms with Crippen LogP contribution in [0.1, 0.15) is 37.4 Å². The van der Waals surface area contributed by atoms with Crippen LogP contribution in [-0.2, 0) is 21.1 Å². The van der Waals surface area contributed by atoms with Crippen LogP contribution in [0.2, 0.25) is 0 Å². The van der Waals surface area contributed by atoms with E-state index >= 15 is 0 Å². The molecule has 3 aromatic rings. The molecule has 0 fully saturated rings. The molecule has 0 spiro atoms. The number of primary amides is 1. The summed E-state index contributed by atoms with van der Waals surface area (Å²) in [4.78, 5) is 13.4. The van der Waals surface area contributed by atoms with Gasteiger partial charge < -0.3 is 5.73 Å². The molecule has 0 aliphatic heterocycles. The van der Waals surface area contributed by atoms with E-state index in [9.17, 15) is 36.0 Å². The number of nitrogens with zero attached hydrogens (tertiary/aromatic N) is 2. The maximum atomic E-state index is 14.9. The first-order valence-electron chi connectivity index (χ1n) is 12.8. The van der Waals surface area contributed by atoms with Crippen LogP contribution in [0.3, 0.4) is 0 Å². The Morgan fingerprint density at radius 3 is 1.86 bits per heavy atom. The molecule has 1 amide bonds. The second-order valence-corrected chi connectivity index (χ2v) is 13.9. The van der Waals surface area contributed by atoms with Gasteiger partial charge in [-0.15, -0.1) is 0 Å². The van der Waals surface area contributed by atoms with E-state index in [-0.39, 0.29) is 16.9 Å². The minimum Gasteiger partial charge on any atom is -0.368 e. The highest BCUT2D eigenvalue weighted by Gasteiger charge is 2.51. The number of benzene rings is 3. The minimum atomic E-state index is -4.98. The predicted molar refractivity (Wildman–Crippen MR) is 161 cm³/mol. The molecule has 224 valence electrons. The molecule has 3 rings (SSSR count). The number of nitriles is 1. The van der Waals surface area contributed by atoms with Gasteiger partial charge in [0.05, 0.1) is 17.0 Å². The molecule has 2 N–H and O–H groups in total. The van der Waals surface area contributed by atoms with Crippen LogP contribution >= 0.6 is 22.6 Å². The zero-order valence-electron chi connectivity index (χ0n) is 23.1. The molecule has 42 heavy (non-hydrogen) atoms. The second kappa shape index (κ2) is 13.1. The highest BCUT2D eigenvalue weighted by atomic mass is 127. The monoisotopic (exact) mass is 715 g/mol. The fourth-order valence-electron chi connectivity index (χ4n) is 4.73. The van der Waals surface area contributed by atoms with Gasteiger partial charge in [-0.3, -0.25) is 9.69 Å². The largest absolute Gasteiger partial charge is 0.408 e. The molecule has 0 saturated carbocycles. The van der Waals surface area contributed by atoms with E-state index in [4.69, 9.17) is 5.73 Å². The van der Waals surface area contributed by atoms with Gasteiger partial charge in [0.15, 0.2) is 9.84 Å². The molecule has 0 aliphatic carbocycles. The lowest BCUT2D eigenvalue weighted by molar-refractivity contribution is -0.198. The number of alkyl halides is 4. The summed E-state index contributed by atoms with van der Waals surface area (Å²) in [5, 5.41) is 10.1. The number of sulfone groups is 1. The third kappa shape index (κ3) is 8.75. The van der Waals surface area contributed by atoms with E-state index in [1.807, 2.05) is 6.07 Å². The summed E-state index contributed by atoms with van der Waals surface area (Å²) in [6.07, 6.45) is -4.74. The third-order valence-corrected chi connectivity index (χ3v) is 8.52. The van der Waals surface area contributed by atoms with E-state index in [2.05, 4.69) is 22.6 Å². The van der Waals surface area contributed by atoms with Gasteiger partial charge in [0, 0.05) is 22.7 Å². The Balaban J connectivity index is 2.13. The van der Waals surface area contributed by atoms with Gasteiger partial charge in [0.1, 0.15) is 17.8 Å². The SMILES string of the molecule is CC(C)(F)C[C@@H](C(N)=O)N([C@H](C#N)Cc1ccc(I)cc1)[C@@H](c1ccc(-c2ccc(S(C)(=O)=O)cc2)cc1)C(F)(F)F. The number of halogens is 5. The average molecular weight is 716 g/mol. The first kappa shape index (κ1) is 33.5. The number of rotatable bonds is 11. The topological polar surface area (TPSA) is 104 Å². The zero-order valence-corrected chi connectivity index (χ0v) is 26.0. The third-order valence-electron chi connectivity index (χ3n) is 6.67. The van der Waals surface area contributed by atoms with Crippen LogP contribution in [0.4, 0.5) is 17.6 Å². The Labute approximate surface area is 256 Å². The summed E-state index contributed by atoms with van der Waals surface area (Å²) in [5.74, 6) is -1.18.